The molecule has 1 saturated heterocycles. The summed E-state index contributed by atoms with van der Waals surface area (Å²) in [6.45, 7) is 6.27. The highest BCUT2D eigenvalue weighted by Crippen LogP contribution is 2.35. The molecule has 0 aromatic heterocycles. The molecule has 0 unspecified atom stereocenters. The van der Waals surface area contributed by atoms with Crippen LogP contribution < -0.4 is 4.74 Å². The second-order valence-corrected chi connectivity index (χ2v) is 8.18. The van der Waals surface area contributed by atoms with E-state index in [0.29, 0.717) is 15.7 Å². The van der Waals surface area contributed by atoms with E-state index in [9.17, 15) is 9.59 Å². The van der Waals surface area contributed by atoms with Crippen molar-refractivity contribution in [3.05, 3.63) is 69.1 Å². The van der Waals surface area contributed by atoms with E-state index in [1.807, 2.05) is 51.1 Å². The fourth-order valence-electron chi connectivity index (χ4n) is 2.78. The minimum absolute atomic E-state index is 0.0708. The molecule has 0 aliphatic carbocycles. The van der Waals surface area contributed by atoms with Crippen LogP contribution in [0.15, 0.2) is 47.4 Å². The van der Waals surface area contributed by atoms with Gasteiger partial charge in [0.15, 0.2) is 0 Å². The number of aryl methyl sites for hydroxylation is 1. The number of carbonyl (C=O) groups excluding carboxylic acids is 2. The summed E-state index contributed by atoms with van der Waals surface area (Å²) in [4.78, 5) is 26.7. The number of benzene rings is 2. The molecule has 3 rings (SSSR count). The Morgan fingerprint density at radius 1 is 1.21 bits per heavy atom. The molecule has 2 aromatic rings. The molecule has 28 heavy (non-hydrogen) atoms. The van der Waals surface area contributed by atoms with Crippen molar-refractivity contribution >= 4 is 40.6 Å². The molecule has 1 aliphatic rings. The van der Waals surface area contributed by atoms with Gasteiger partial charge in [-0.05, 0) is 61.4 Å². The lowest BCUT2D eigenvalue weighted by Gasteiger charge is -2.14. The van der Waals surface area contributed by atoms with E-state index < -0.39 is 0 Å². The summed E-state index contributed by atoms with van der Waals surface area (Å²) >= 11 is 7.26. The van der Waals surface area contributed by atoms with Gasteiger partial charge in [0.1, 0.15) is 5.75 Å². The molecule has 4 nitrogen and oxygen atoms in total. The van der Waals surface area contributed by atoms with Gasteiger partial charge in [-0.2, -0.15) is 0 Å². The fraction of sp³-hybridized carbons (Fsp3) is 0.273. The standard InChI is InChI=1S/C22H22ClNO3S/c1-4-15(3)27-19-9-8-16(11-18(19)23)12-20-21(25)24(22(26)28-20)13-17-7-5-6-14(2)10-17/h5-12,15H,4,13H2,1-3H3/b20-12-/t15-/m0/s1. The molecule has 2 aromatic carbocycles. The Morgan fingerprint density at radius 2 is 2.00 bits per heavy atom. The van der Waals surface area contributed by atoms with E-state index in [0.717, 1.165) is 34.9 Å². The van der Waals surface area contributed by atoms with E-state index in [-0.39, 0.29) is 23.8 Å². The van der Waals surface area contributed by atoms with Crippen molar-refractivity contribution in [2.75, 3.05) is 0 Å². The van der Waals surface area contributed by atoms with Gasteiger partial charge in [-0.3, -0.25) is 14.5 Å². The van der Waals surface area contributed by atoms with Gasteiger partial charge in [-0.15, -0.1) is 0 Å². The lowest BCUT2D eigenvalue weighted by molar-refractivity contribution is -0.123. The van der Waals surface area contributed by atoms with Gasteiger partial charge >= 0.3 is 0 Å². The van der Waals surface area contributed by atoms with E-state index in [1.54, 1.807) is 18.2 Å². The number of halogens is 1. The molecule has 0 N–H and O–H groups in total. The van der Waals surface area contributed by atoms with Gasteiger partial charge in [-0.1, -0.05) is 54.4 Å². The van der Waals surface area contributed by atoms with Crippen LogP contribution in [-0.2, 0) is 11.3 Å². The Kier molecular flexibility index (Phi) is 6.47. The highest BCUT2D eigenvalue weighted by molar-refractivity contribution is 8.18. The van der Waals surface area contributed by atoms with Crippen LogP contribution >= 0.6 is 23.4 Å². The number of ether oxygens (including phenoxy) is 1. The van der Waals surface area contributed by atoms with Crippen LogP contribution in [0.5, 0.6) is 5.75 Å². The molecule has 1 atom stereocenters. The first kappa shape index (κ1) is 20.5. The van der Waals surface area contributed by atoms with Gasteiger partial charge in [0.25, 0.3) is 11.1 Å². The molecule has 2 amide bonds. The number of imide groups is 1. The highest BCUT2D eigenvalue weighted by atomic mass is 35.5. The maximum absolute atomic E-state index is 12.7. The molecule has 0 bridgehead atoms. The van der Waals surface area contributed by atoms with Gasteiger partial charge < -0.3 is 4.74 Å². The summed E-state index contributed by atoms with van der Waals surface area (Å²) in [6, 6.07) is 13.2. The molecule has 146 valence electrons. The summed E-state index contributed by atoms with van der Waals surface area (Å²) in [5.41, 5.74) is 2.77. The lowest BCUT2D eigenvalue weighted by atomic mass is 10.1. The summed E-state index contributed by atoms with van der Waals surface area (Å²) in [7, 11) is 0. The van der Waals surface area contributed by atoms with Gasteiger partial charge in [0.05, 0.1) is 22.6 Å². The van der Waals surface area contributed by atoms with Crippen LogP contribution in [0.2, 0.25) is 5.02 Å². The number of hydrogen-bond acceptors (Lipinski definition) is 4. The van der Waals surface area contributed by atoms with Crippen molar-refractivity contribution in [3.8, 4) is 5.75 Å². The predicted molar refractivity (Wildman–Crippen MR) is 115 cm³/mol. The number of rotatable bonds is 6. The number of amides is 2. The third-order valence-electron chi connectivity index (χ3n) is 4.45. The average Bonchev–Trinajstić information content (AvgIpc) is 2.91. The molecule has 1 aliphatic heterocycles. The van der Waals surface area contributed by atoms with Crippen LogP contribution in [0, 0.1) is 6.92 Å². The van der Waals surface area contributed by atoms with Crippen LogP contribution in [-0.4, -0.2) is 22.2 Å². The summed E-state index contributed by atoms with van der Waals surface area (Å²) in [5, 5.41) is 0.216. The maximum atomic E-state index is 12.7. The van der Waals surface area contributed by atoms with Crippen LogP contribution in [0.4, 0.5) is 4.79 Å². The normalized spacial score (nSPS) is 16.7. The Labute approximate surface area is 174 Å². The Bertz CT molecular complexity index is 941. The number of carbonyl (C=O) groups is 2. The third-order valence-corrected chi connectivity index (χ3v) is 5.66. The molecular formula is C22H22ClNO3S. The zero-order valence-corrected chi connectivity index (χ0v) is 17.6. The van der Waals surface area contributed by atoms with E-state index >= 15 is 0 Å². The lowest BCUT2D eigenvalue weighted by Crippen LogP contribution is -2.27. The molecule has 0 radical (unpaired) electrons. The molecule has 1 fully saturated rings. The summed E-state index contributed by atoms with van der Waals surface area (Å²) in [6.07, 6.45) is 2.65. The Balaban J connectivity index is 1.77. The summed E-state index contributed by atoms with van der Waals surface area (Å²) < 4.78 is 5.76. The zero-order chi connectivity index (χ0) is 20.3. The quantitative estimate of drug-likeness (QED) is 0.538. The van der Waals surface area contributed by atoms with Crippen LogP contribution in [0.1, 0.15) is 37.0 Å². The predicted octanol–water partition coefficient (Wildman–Crippen LogP) is 6.06. The number of hydrogen-bond donors (Lipinski definition) is 0. The SMILES string of the molecule is CC[C@H](C)Oc1ccc(/C=C2\SC(=O)N(Cc3cccc(C)c3)C2=O)cc1Cl. The second-order valence-electron chi connectivity index (χ2n) is 6.78. The first-order valence-electron chi connectivity index (χ1n) is 9.14. The third kappa shape index (κ3) is 4.78. The Morgan fingerprint density at radius 3 is 2.68 bits per heavy atom. The van der Waals surface area contributed by atoms with Crippen molar-refractivity contribution in [1.82, 2.24) is 4.90 Å². The summed E-state index contributed by atoms with van der Waals surface area (Å²) in [5.74, 6) is 0.327. The fourth-order valence-corrected chi connectivity index (χ4v) is 3.86. The minimum Gasteiger partial charge on any atom is -0.489 e. The molecular weight excluding hydrogens is 394 g/mol. The minimum atomic E-state index is -0.285. The number of nitrogens with zero attached hydrogens (tertiary/aromatic N) is 1. The first-order chi connectivity index (χ1) is 13.4. The average molecular weight is 416 g/mol. The van der Waals surface area contributed by atoms with Crippen molar-refractivity contribution < 1.29 is 14.3 Å². The van der Waals surface area contributed by atoms with Crippen molar-refractivity contribution in [3.63, 3.8) is 0 Å². The van der Waals surface area contributed by atoms with E-state index in [2.05, 4.69) is 0 Å². The van der Waals surface area contributed by atoms with Crippen LogP contribution in [0.25, 0.3) is 6.08 Å². The first-order valence-corrected chi connectivity index (χ1v) is 10.3. The second kappa shape index (κ2) is 8.84. The topological polar surface area (TPSA) is 46.6 Å². The van der Waals surface area contributed by atoms with E-state index in [4.69, 9.17) is 16.3 Å². The molecule has 1 heterocycles. The monoisotopic (exact) mass is 415 g/mol. The van der Waals surface area contributed by atoms with Gasteiger partial charge in [-0.25, -0.2) is 0 Å². The van der Waals surface area contributed by atoms with Crippen molar-refractivity contribution in [2.45, 2.75) is 39.8 Å². The molecule has 0 spiro atoms. The van der Waals surface area contributed by atoms with Crippen molar-refractivity contribution in [1.29, 1.82) is 0 Å². The van der Waals surface area contributed by atoms with Gasteiger partial charge in [0.2, 0.25) is 0 Å². The van der Waals surface area contributed by atoms with E-state index in [1.165, 1.54) is 4.90 Å². The zero-order valence-electron chi connectivity index (χ0n) is 16.1. The molecule has 0 saturated carbocycles. The van der Waals surface area contributed by atoms with Crippen LogP contribution in [0.3, 0.4) is 0 Å². The number of thioether (sulfide) groups is 1. The van der Waals surface area contributed by atoms with Gasteiger partial charge in [0, 0.05) is 0 Å². The largest absolute Gasteiger partial charge is 0.489 e. The Hall–Kier alpha value is -2.24. The maximum Gasteiger partial charge on any atom is 0.293 e. The smallest absolute Gasteiger partial charge is 0.293 e. The highest BCUT2D eigenvalue weighted by Gasteiger charge is 2.35. The van der Waals surface area contributed by atoms with Crippen molar-refractivity contribution in [2.24, 2.45) is 0 Å². The molecule has 6 heteroatoms.